The molecule has 3 rings (SSSR count). The molecule has 3 saturated heterocycles. The fourth-order valence-electron chi connectivity index (χ4n) is 3.42. The normalized spacial score (nSPS) is 39.8. The van der Waals surface area contributed by atoms with E-state index < -0.39 is 0 Å². The lowest BCUT2D eigenvalue weighted by Gasteiger charge is -2.56. The van der Waals surface area contributed by atoms with Crippen molar-refractivity contribution in [1.82, 2.24) is 4.90 Å². The van der Waals surface area contributed by atoms with Crippen molar-refractivity contribution < 1.29 is 4.79 Å². The van der Waals surface area contributed by atoms with Crippen molar-refractivity contribution in [2.24, 2.45) is 11.8 Å². The van der Waals surface area contributed by atoms with Crippen LogP contribution in [0.1, 0.15) is 40.0 Å². The first-order valence-electron chi connectivity index (χ1n) is 5.76. The highest BCUT2D eigenvalue weighted by Crippen LogP contribution is 2.45. The number of rotatable bonds is 2. The first-order valence-corrected chi connectivity index (χ1v) is 5.76. The summed E-state index contributed by atoms with van der Waals surface area (Å²) >= 11 is 0. The molecule has 0 aromatic carbocycles. The molecule has 14 heavy (non-hydrogen) atoms. The van der Waals surface area contributed by atoms with Crippen LogP contribution < -0.4 is 0 Å². The lowest BCUT2D eigenvalue weighted by molar-refractivity contribution is -0.124. The summed E-state index contributed by atoms with van der Waals surface area (Å²) in [5.41, 5.74) is 0.257. The van der Waals surface area contributed by atoms with E-state index in [1.54, 1.807) is 6.92 Å². The van der Waals surface area contributed by atoms with Crippen LogP contribution in [0.15, 0.2) is 0 Å². The van der Waals surface area contributed by atoms with Gasteiger partial charge in [0.05, 0.1) is 0 Å². The van der Waals surface area contributed by atoms with Crippen molar-refractivity contribution in [2.45, 2.75) is 45.6 Å². The number of hydrogen-bond donors (Lipinski definition) is 0. The highest BCUT2D eigenvalue weighted by Gasteiger charge is 2.47. The molecule has 1 unspecified atom stereocenters. The Kier molecular flexibility index (Phi) is 2.42. The zero-order valence-electron chi connectivity index (χ0n) is 9.55. The monoisotopic (exact) mass is 195 g/mol. The largest absolute Gasteiger partial charge is 0.300 e. The Morgan fingerprint density at radius 3 is 2.36 bits per heavy atom. The van der Waals surface area contributed by atoms with Gasteiger partial charge in [0.15, 0.2) is 0 Å². The van der Waals surface area contributed by atoms with Gasteiger partial charge in [-0.2, -0.15) is 0 Å². The van der Waals surface area contributed by atoms with Crippen molar-refractivity contribution in [2.75, 3.05) is 13.1 Å². The lowest BCUT2D eigenvalue weighted by atomic mass is 9.65. The predicted molar refractivity (Wildman–Crippen MR) is 57.2 cm³/mol. The summed E-state index contributed by atoms with van der Waals surface area (Å²) in [6.45, 7) is 8.84. The second-order valence-corrected chi connectivity index (χ2v) is 5.49. The third-order valence-corrected chi connectivity index (χ3v) is 4.34. The van der Waals surface area contributed by atoms with E-state index in [0.717, 1.165) is 12.3 Å². The zero-order chi connectivity index (χ0) is 10.3. The van der Waals surface area contributed by atoms with Crippen LogP contribution in [-0.2, 0) is 4.79 Å². The van der Waals surface area contributed by atoms with Crippen molar-refractivity contribution in [1.29, 1.82) is 0 Å². The van der Waals surface area contributed by atoms with Gasteiger partial charge in [-0.05, 0) is 58.5 Å². The van der Waals surface area contributed by atoms with Gasteiger partial charge in [0.1, 0.15) is 5.78 Å². The Bertz CT molecular complexity index is 239. The Morgan fingerprint density at radius 1 is 1.36 bits per heavy atom. The van der Waals surface area contributed by atoms with Crippen molar-refractivity contribution in [3.63, 3.8) is 0 Å². The molecule has 0 saturated carbocycles. The van der Waals surface area contributed by atoms with Crippen LogP contribution in [-0.4, -0.2) is 29.3 Å². The third-order valence-electron chi connectivity index (χ3n) is 4.34. The van der Waals surface area contributed by atoms with Crippen LogP contribution in [0, 0.1) is 11.8 Å². The van der Waals surface area contributed by atoms with Crippen LogP contribution in [0.5, 0.6) is 0 Å². The van der Waals surface area contributed by atoms with Crippen LogP contribution in [0.4, 0.5) is 0 Å². The van der Waals surface area contributed by atoms with Gasteiger partial charge in [-0.3, -0.25) is 4.90 Å². The quantitative estimate of drug-likeness (QED) is 0.672. The number of nitrogens with zero attached hydrogens (tertiary/aromatic N) is 1. The molecule has 0 amide bonds. The summed E-state index contributed by atoms with van der Waals surface area (Å²) in [6.07, 6.45) is 3.40. The van der Waals surface area contributed by atoms with Crippen molar-refractivity contribution in [3.05, 3.63) is 0 Å². The molecule has 0 N–H and O–H groups in total. The maximum atomic E-state index is 11.3. The summed E-state index contributed by atoms with van der Waals surface area (Å²) in [5, 5.41) is 0. The molecule has 0 spiro atoms. The summed E-state index contributed by atoms with van der Waals surface area (Å²) in [4.78, 5) is 13.8. The summed E-state index contributed by atoms with van der Waals surface area (Å²) in [7, 11) is 0. The molecular weight excluding hydrogens is 174 g/mol. The number of ketones is 1. The minimum absolute atomic E-state index is 0.257. The van der Waals surface area contributed by atoms with E-state index in [2.05, 4.69) is 18.7 Å². The molecule has 3 fully saturated rings. The molecule has 1 atom stereocenters. The van der Waals surface area contributed by atoms with Gasteiger partial charge in [0.25, 0.3) is 0 Å². The molecule has 2 nitrogen and oxygen atoms in total. The summed E-state index contributed by atoms with van der Waals surface area (Å²) in [5.74, 6) is 1.76. The Hall–Kier alpha value is -0.370. The van der Waals surface area contributed by atoms with E-state index in [1.807, 2.05) is 0 Å². The van der Waals surface area contributed by atoms with Crippen LogP contribution in [0.3, 0.4) is 0 Å². The van der Waals surface area contributed by atoms with Gasteiger partial charge < -0.3 is 4.79 Å². The van der Waals surface area contributed by atoms with Gasteiger partial charge in [-0.25, -0.2) is 0 Å². The molecule has 0 radical (unpaired) electrons. The van der Waals surface area contributed by atoms with E-state index in [9.17, 15) is 4.79 Å². The first-order chi connectivity index (χ1) is 6.51. The fraction of sp³-hybridized carbons (Fsp3) is 0.917. The summed E-state index contributed by atoms with van der Waals surface area (Å²) in [6, 6.07) is 0. The van der Waals surface area contributed by atoms with E-state index in [4.69, 9.17) is 0 Å². The molecule has 3 heterocycles. The SMILES string of the molecule is CC(=O)CC1C2CCN(CC2)C1(C)C. The Morgan fingerprint density at radius 2 is 1.93 bits per heavy atom. The van der Waals surface area contributed by atoms with Gasteiger partial charge in [0.2, 0.25) is 0 Å². The van der Waals surface area contributed by atoms with E-state index in [0.29, 0.717) is 11.7 Å². The van der Waals surface area contributed by atoms with Crippen LogP contribution in [0.2, 0.25) is 0 Å². The number of carbonyl (C=O) groups excluding carboxylic acids is 1. The Labute approximate surface area is 86.7 Å². The molecular formula is C12H21NO. The number of carbonyl (C=O) groups is 1. The number of fused-ring (bicyclic) bond motifs is 3. The second kappa shape index (κ2) is 3.34. The van der Waals surface area contributed by atoms with Gasteiger partial charge in [-0.1, -0.05) is 0 Å². The highest BCUT2D eigenvalue weighted by molar-refractivity contribution is 5.76. The molecule has 2 bridgehead atoms. The molecule has 0 aliphatic carbocycles. The number of Topliss-reactive ketones (excluding diaryl/α,β-unsaturated/α-hetero) is 1. The van der Waals surface area contributed by atoms with Crippen LogP contribution in [0.25, 0.3) is 0 Å². The van der Waals surface area contributed by atoms with Gasteiger partial charge in [0, 0.05) is 12.0 Å². The van der Waals surface area contributed by atoms with Gasteiger partial charge in [-0.15, -0.1) is 0 Å². The maximum Gasteiger partial charge on any atom is 0.130 e. The molecule has 3 aliphatic heterocycles. The minimum Gasteiger partial charge on any atom is -0.300 e. The van der Waals surface area contributed by atoms with Crippen LogP contribution >= 0.6 is 0 Å². The smallest absolute Gasteiger partial charge is 0.130 e. The third kappa shape index (κ3) is 1.50. The standard InChI is InChI=1S/C12H21NO/c1-9(14)8-11-10-4-6-13(7-5-10)12(11,2)3/h10-11H,4-8H2,1-3H3. The first kappa shape index (κ1) is 10.2. The van der Waals surface area contributed by atoms with Gasteiger partial charge >= 0.3 is 0 Å². The second-order valence-electron chi connectivity index (χ2n) is 5.49. The average Bonchev–Trinajstić information content (AvgIpc) is 2.12. The lowest BCUT2D eigenvalue weighted by Crippen LogP contribution is -2.61. The van der Waals surface area contributed by atoms with Crippen molar-refractivity contribution in [3.8, 4) is 0 Å². The highest BCUT2D eigenvalue weighted by atomic mass is 16.1. The molecule has 80 valence electrons. The summed E-state index contributed by atoms with van der Waals surface area (Å²) < 4.78 is 0. The van der Waals surface area contributed by atoms with E-state index >= 15 is 0 Å². The van der Waals surface area contributed by atoms with Crippen molar-refractivity contribution >= 4 is 5.78 Å². The number of piperidine rings is 3. The zero-order valence-corrected chi connectivity index (χ0v) is 9.55. The molecule has 3 aliphatic rings. The van der Waals surface area contributed by atoms with E-state index in [1.165, 1.54) is 25.9 Å². The topological polar surface area (TPSA) is 20.3 Å². The Balaban J connectivity index is 2.17. The number of hydrogen-bond acceptors (Lipinski definition) is 2. The molecule has 0 aromatic heterocycles. The fourth-order valence-corrected chi connectivity index (χ4v) is 3.42. The molecule has 2 heteroatoms. The predicted octanol–water partition coefficient (Wildman–Crippen LogP) is 2.09. The van der Waals surface area contributed by atoms with E-state index in [-0.39, 0.29) is 5.54 Å². The minimum atomic E-state index is 0.257. The maximum absolute atomic E-state index is 11.3. The average molecular weight is 195 g/mol. The molecule has 0 aromatic rings.